The SMILES string of the molecule is C1=CC2CCCC(N(C3=CC4C(C=C3)c3ccccc3C43C4=C(C5CCC=CC53)C(N(c3ccccc3)C3C=CCC5C6=C(CCC=C6)OC53)CC=C4)C3CC=CCC3)C2C=C1. The maximum atomic E-state index is 7.13. The van der Waals surface area contributed by atoms with Crippen LogP contribution in [0.4, 0.5) is 5.69 Å². The first-order chi connectivity index (χ1) is 30.8. The first kappa shape index (κ1) is 37.5. The van der Waals surface area contributed by atoms with E-state index in [1.807, 2.05) is 0 Å². The van der Waals surface area contributed by atoms with Crippen LogP contribution in [0.2, 0.25) is 0 Å². The lowest BCUT2D eigenvalue weighted by Crippen LogP contribution is -2.53. The Morgan fingerprint density at radius 3 is 2.48 bits per heavy atom. The second kappa shape index (κ2) is 15.1. The number of para-hydroxylation sites is 1. The highest BCUT2D eigenvalue weighted by atomic mass is 16.5. The van der Waals surface area contributed by atoms with Crippen LogP contribution in [0, 0.1) is 35.5 Å². The summed E-state index contributed by atoms with van der Waals surface area (Å²) in [6, 6.07) is 22.6. The fourth-order valence-electron chi connectivity index (χ4n) is 15.4. The zero-order chi connectivity index (χ0) is 40.8. The number of benzene rings is 2. The molecule has 314 valence electrons. The summed E-state index contributed by atoms with van der Waals surface area (Å²) >= 11 is 0. The fraction of sp³-hybridized carbons (Fsp3) is 0.424. The summed E-state index contributed by atoms with van der Waals surface area (Å²) in [5, 5.41) is 0. The zero-order valence-corrected chi connectivity index (χ0v) is 36.2. The number of ether oxygens (including phenoxy) is 1. The largest absolute Gasteiger partial charge is 0.491 e. The number of allylic oxidation sites excluding steroid dienone is 15. The van der Waals surface area contributed by atoms with E-state index in [-0.39, 0.29) is 23.6 Å². The Labute approximate surface area is 370 Å². The van der Waals surface area contributed by atoms with Gasteiger partial charge in [-0.15, -0.1) is 0 Å². The van der Waals surface area contributed by atoms with Crippen molar-refractivity contribution in [2.24, 2.45) is 35.5 Å². The summed E-state index contributed by atoms with van der Waals surface area (Å²) in [5.41, 5.74) is 10.7. The molecule has 1 spiro atoms. The van der Waals surface area contributed by atoms with Gasteiger partial charge in [0.2, 0.25) is 0 Å². The van der Waals surface area contributed by atoms with Gasteiger partial charge in [-0.2, -0.15) is 0 Å². The first-order valence-electron chi connectivity index (χ1n) is 24.7. The highest BCUT2D eigenvalue weighted by Gasteiger charge is 2.64. The van der Waals surface area contributed by atoms with Gasteiger partial charge in [0.25, 0.3) is 0 Å². The summed E-state index contributed by atoms with van der Waals surface area (Å²) < 4.78 is 7.13. The van der Waals surface area contributed by atoms with Crippen molar-refractivity contribution in [3.63, 3.8) is 0 Å². The molecule has 2 aromatic rings. The van der Waals surface area contributed by atoms with Gasteiger partial charge in [-0.1, -0.05) is 146 Å². The first-order valence-corrected chi connectivity index (χ1v) is 24.7. The van der Waals surface area contributed by atoms with Gasteiger partial charge in [-0.05, 0) is 128 Å². The molecule has 2 aromatic carbocycles. The Balaban J connectivity index is 0.972. The number of hydrogen-bond acceptors (Lipinski definition) is 3. The van der Waals surface area contributed by atoms with Crippen molar-refractivity contribution in [3.8, 4) is 0 Å². The maximum absolute atomic E-state index is 7.13. The molecule has 0 saturated heterocycles. The van der Waals surface area contributed by atoms with Crippen molar-refractivity contribution in [2.45, 2.75) is 119 Å². The molecule has 11 aliphatic rings. The summed E-state index contributed by atoms with van der Waals surface area (Å²) in [5.74, 6) is 4.51. The van der Waals surface area contributed by atoms with Gasteiger partial charge in [-0.3, -0.25) is 0 Å². The van der Waals surface area contributed by atoms with Crippen molar-refractivity contribution < 1.29 is 4.74 Å². The zero-order valence-electron chi connectivity index (χ0n) is 36.2. The predicted octanol–water partition coefficient (Wildman–Crippen LogP) is 13.1. The van der Waals surface area contributed by atoms with Gasteiger partial charge in [0.1, 0.15) is 11.9 Å². The Morgan fingerprint density at radius 2 is 1.55 bits per heavy atom. The van der Waals surface area contributed by atoms with Gasteiger partial charge >= 0.3 is 0 Å². The number of nitrogens with zero attached hydrogens (tertiary/aromatic N) is 2. The van der Waals surface area contributed by atoms with Crippen LogP contribution in [0.5, 0.6) is 0 Å². The molecule has 3 nitrogen and oxygen atoms in total. The second-order valence-electron chi connectivity index (χ2n) is 20.4. The third-order valence-corrected chi connectivity index (χ3v) is 17.7. The van der Waals surface area contributed by atoms with Gasteiger partial charge in [0, 0.05) is 59.0 Å². The van der Waals surface area contributed by atoms with E-state index in [2.05, 4.69) is 168 Å². The molecule has 13 atom stereocenters. The van der Waals surface area contributed by atoms with E-state index < -0.39 is 0 Å². The van der Waals surface area contributed by atoms with Crippen molar-refractivity contribution in [2.75, 3.05) is 4.90 Å². The van der Waals surface area contributed by atoms with Crippen LogP contribution in [-0.2, 0) is 10.2 Å². The lowest BCUT2D eigenvalue weighted by molar-refractivity contribution is 0.0877. The molecular weight excluding hydrogens is 753 g/mol. The number of anilines is 1. The van der Waals surface area contributed by atoms with Crippen LogP contribution >= 0.6 is 0 Å². The summed E-state index contributed by atoms with van der Waals surface area (Å²) in [6.07, 6.45) is 57.3. The maximum Gasteiger partial charge on any atom is 0.129 e. The van der Waals surface area contributed by atoms with Crippen LogP contribution < -0.4 is 4.90 Å². The molecule has 62 heavy (non-hydrogen) atoms. The van der Waals surface area contributed by atoms with Crippen molar-refractivity contribution >= 4 is 5.69 Å². The lowest BCUT2D eigenvalue weighted by atomic mass is 9.59. The lowest BCUT2D eigenvalue weighted by Gasteiger charge is -2.50. The second-order valence-corrected chi connectivity index (χ2v) is 20.4. The molecule has 0 amide bonds. The van der Waals surface area contributed by atoms with Gasteiger partial charge in [-0.25, -0.2) is 0 Å². The van der Waals surface area contributed by atoms with Crippen LogP contribution in [0.15, 0.2) is 186 Å². The molecule has 13 rings (SSSR count). The highest BCUT2D eigenvalue weighted by Crippen LogP contribution is 2.69. The average Bonchev–Trinajstić information content (AvgIpc) is 3.97. The van der Waals surface area contributed by atoms with Crippen LogP contribution in [0.3, 0.4) is 0 Å². The van der Waals surface area contributed by atoms with Crippen molar-refractivity contribution in [1.82, 2.24) is 4.90 Å². The molecule has 0 N–H and O–H groups in total. The van der Waals surface area contributed by atoms with E-state index in [1.165, 1.54) is 61.2 Å². The average molecular weight is 815 g/mol. The Hall–Kier alpha value is -5.02. The van der Waals surface area contributed by atoms with Crippen molar-refractivity contribution in [1.29, 1.82) is 0 Å². The van der Waals surface area contributed by atoms with E-state index in [9.17, 15) is 0 Å². The van der Waals surface area contributed by atoms with Gasteiger partial charge in [0.15, 0.2) is 0 Å². The van der Waals surface area contributed by atoms with Crippen molar-refractivity contribution in [3.05, 3.63) is 197 Å². The minimum atomic E-state index is -0.132. The third-order valence-electron chi connectivity index (χ3n) is 17.7. The van der Waals surface area contributed by atoms with Crippen LogP contribution in [0.25, 0.3) is 0 Å². The molecule has 3 heteroatoms. The highest BCUT2D eigenvalue weighted by molar-refractivity contribution is 5.67. The molecule has 1 aliphatic heterocycles. The topological polar surface area (TPSA) is 15.7 Å². The minimum absolute atomic E-state index is 0.125. The molecule has 0 bridgehead atoms. The standard InChI is InChI=1S/C59H62N2O/c1-3-20-40(21-4-1)60(53-32-15-19-39-18-7-8-24-43(39)53)42-36-37-45-44-25-9-12-29-49(44)59(52(45)38-42)50-30-13-10-27-48(50)57-51(59)31-17-33-54(57)61(41-22-5-2-6-23-41)55-34-16-28-47-46-26-11-14-35-56(46)62-58(47)55/h1-3,5-9,11-13,16-18,22-26,29-31,34,36-40,43,45,47-48,50,52-55,58H,4,10,14-15,19-21,27-28,32-33,35H2. The van der Waals surface area contributed by atoms with E-state index in [4.69, 9.17) is 4.74 Å². The predicted molar refractivity (Wildman–Crippen MR) is 253 cm³/mol. The van der Waals surface area contributed by atoms with Gasteiger partial charge in [0.05, 0.1) is 12.1 Å². The Bertz CT molecular complexity index is 2470. The minimum Gasteiger partial charge on any atom is -0.491 e. The van der Waals surface area contributed by atoms with Crippen LogP contribution in [-0.4, -0.2) is 35.2 Å². The normalized spacial score (nSPS) is 38.8. The Kier molecular flexibility index (Phi) is 9.12. The fourth-order valence-corrected chi connectivity index (χ4v) is 15.4. The molecule has 1 saturated carbocycles. The molecule has 13 unspecified atom stereocenters. The quantitative estimate of drug-likeness (QED) is 0.270. The van der Waals surface area contributed by atoms with E-state index in [1.54, 1.807) is 22.3 Å². The Morgan fingerprint density at radius 1 is 0.645 bits per heavy atom. The van der Waals surface area contributed by atoms with E-state index in [0.717, 1.165) is 38.5 Å². The summed E-state index contributed by atoms with van der Waals surface area (Å²) in [4.78, 5) is 5.85. The van der Waals surface area contributed by atoms with E-state index >= 15 is 0 Å². The molecule has 10 aliphatic carbocycles. The molecule has 0 radical (unpaired) electrons. The number of rotatable bonds is 6. The third kappa shape index (κ3) is 5.54. The summed E-state index contributed by atoms with van der Waals surface area (Å²) in [6.45, 7) is 0. The van der Waals surface area contributed by atoms with E-state index in [0.29, 0.717) is 53.5 Å². The molecular formula is C59H62N2O. The molecule has 0 aromatic heterocycles. The summed E-state index contributed by atoms with van der Waals surface area (Å²) in [7, 11) is 0. The molecule has 1 fully saturated rings. The monoisotopic (exact) mass is 814 g/mol. The molecule has 1 heterocycles. The van der Waals surface area contributed by atoms with Gasteiger partial charge < -0.3 is 14.5 Å². The smallest absolute Gasteiger partial charge is 0.129 e. The number of hydrogen-bond donors (Lipinski definition) is 0. The number of fused-ring (bicyclic) bond motifs is 12. The van der Waals surface area contributed by atoms with Crippen LogP contribution in [0.1, 0.15) is 94.1 Å².